The summed E-state index contributed by atoms with van der Waals surface area (Å²) >= 11 is 0. The van der Waals surface area contributed by atoms with Crippen LogP contribution in [0.5, 0.6) is 0 Å². The summed E-state index contributed by atoms with van der Waals surface area (Å²) in [6.07, 6.45) is -22.0. The third-order valence-electron chi connectivity index (χ3n) is 11.2. The van der Waals surface area contributed by atoms with E-state index < -0.39 is 117 Å². The van der Waals surface area contributed by atoms with E-state index in [1.54, 1.807) is 4.90 Å². The fourth-order valence-corrected chi connectivity index (χ4v) is 9.38. The monoisotopic (exact) mass is 819 g/mol. The van der Waals surface area contributed by atoms with Crippen LogP contribution in [0.3, 0.4) is 0 Å². The molecule has 0 bridgehead atoms. The van der Waals surface area contributed by atoms with E-state index in [1.807, 2.05) is 0 Å². The van der Waals surface area contributed by atoms with Gasteiger partial charge in [-0.25, -0.2) is 4.79 Å². The van der Waals surface area contributed by atoms with E-state index in [9.17, 15) is 62.3 Å². The number of fused-ring (bicyclic) bond motifs is 5. The van der Waals surface area contributed by atoms with E-state index in [-0.39, 0.29) is 55.1 Å². The number of benzene rings is 3. The Balaban J connectivity index is 1.56. The number of piperidine rings is 1. The number of ketones is 1. The molecule has 0 saturated carbocycles. The van der Waals surface area contributed by atoms with Crippen molar-refractivity contribution >= 4 is 29.5 Å². The average molecular weight is 820 g/mol. The number of para-hydroxylation sites is 1. The van der Waals surface area contributed by atoms with Crippen molar-refractivity contribution in [3.05, 3.63) is 105 Å². The van der Waals surface area contributed by atoms with Crippen LogP contribution in [0.4, 0.5) is 63.2 Å². The van der Waals surface area contributed by atoms with Crippen molar-refractivity contribution in [2.24, 2.45) is 5.41 Å². The van der Waals surface area contributed by atoms with Gasteiger partial charge in [-0.3, -0.25) is 14.5 Å². The van der Waals surface area contributed by atoms with Gasteiger partial charge in [0.05, 0.1) is 40.8 Å². The van der Waals surface area contributed by atoms with Crippen molar-refractivity contribution in [2.75, 3.05) is 31.6 Å². The molecule has 4 heterocycles. The largest absolute Gasteiger partial charge is 0.450 e. The van der Waals surface area contributed by atoms with Gasteiger partial charge in [0.15, 0.2) is 5.78 Å². The topological polar surface area (TPSA) is 79.0 Å². The van der Waals surface area contributed by atoms with Gasteiger partial charge < -0.3 is 15.0 Å². The highest BCUT2D eigenvalue weighted by atomic mass is 19.4. The predicted molar refractivity (Wildman–Crippen MR) is 176 cm³/mol. The fraction of sp³-hybridized carbons (Fsp3) is 0.395. The van der Waals surface area contributed by atoms with Crippen molar-refractivity contribution in [1.29, 1.82) is 0 Å². The minimum atomic E-state index is -5.58. The maximum atomic E-state index is 15.6. The highest BCUT2D eigenvalue weighted by molar-refractivity contribution is 6.16. The lowest BCUT2D eigenvalue weighted by Crippen LogP contribution is -2.66. The molecule has 4 aliphatic heterocycles. The zero-order valence-electron chi connectivity index (χ0n) is 29.3. The lowest BCUT2D eigenvalue weighted by molar-refractivity contribution is -0.162. The summed E-state index contributed by atoms with van der Waals surface area (Å²) in [4.78, 5) is 46.4. The van der Waals surface area contributed by atoms with Crippen LogP contribution in [-0.2, 0) is 44.6 Å². The van der Waals surface area contributed by atoms with Crippen LogP contribution in [0.25, 0.3) is 6.08 Å². The van der Waals surface area contributed by atoms with Crippen LogP contribution < -0.4 is 5.32 Å². The van der Waals surface area contributed by atoms with E-state index in [0.717, 1.165) is 17.0 Å². The van der Waals surface area contributed by atoms with Crippen LogP contribution in [-0.4, -0.2) is 59.9 Å². The second-order valence-corrected chi connectivity index (χ2v) is 14.2. The van der Waals surface area contributed by atoms with E-state index in [4.69, 9.17) is 4.74 Å². The fourth-order valence-electron chi connectivity index (χ4n) is 9.38. The van der Waals surface area contributed by atoms with Crippen LogP contribution in [0.1, 0.15) is 64.6 Å². The Hall–Kier alpha value is -5.07. The minimum absolute atomic E-state index is 0.0387. The normalized spacial score (nSPS) is 26.1. The van der Waals surface area contributed by atoms with Gasteiger partial charge in [-0.05, 0) is 73.8 Å². The quantitative estimate of drug-likeness (QED) is 0.211. The lowest BCUT2D eigenvalue weighted by atomic mass is 9.55. The number of nitrogens with one attached hydrogen (secondary N) is 1. The second-order valence-electron chi connectivity index (χ2n) is 14.2. The van der Waals surface area contributed by atoms with Crippen LogP contribution in [0.2, 0.25) is 0 Å². The summed E-state index contributed by atoms with van der Waals surface area (Å²) < 4.78 is 174. The first-order valence-electron chi connectivity index (χ1n) is 17.4. The minimum Gasteiger partial charge on any atom is -0.450 e. The molecule has 4 atom stereocenters. The number of anilines is 1. The molecule has 57 heavy (non-hydrogen) atoms. The number of rotatable bonds is 3. The van der Waals surface area contributed by atoms with E-state index in [0.29, 0.717) is 12.5 Å². The molecule has 0 unspecified atom stereocenters. The number of amides is 2. The zero-order valence-corrected chi connectivity index (χ0v) is 29.3. The number of hydrogen-bond acceptors (Lipinski definition) is 5. The molecule has 7 nitrogen and oxygen atoms in total. The molecule has 7 rings (SSSR count). The molecule has 2 spiro atoms. The van der Waals surface area contributed by atoms with Crippen molar-refractivity contribution in [1.82, 2.24) is 9.80 Å². The maximum Gasteiger partial charge on any atom is 0.417 e. The predicted octanol–water partition coefficient (Wildman–Crippen LogP) is 9.28. The Morgan fingerprint density at radius 1 is 0.825 bits per heavy atom. The first-order chi connectivity index (χ1) is 26.5. The SMILES string of the molecule is CCOC(=O)N1C/C(=C\c2ccc(C(F)(F)F)c(C(F)(F)F)c2)C(=O)[C@@]2(C1)[C@H](c1ccc(C(F)(F)F)c(C(F)(F)F)c1)[C@H]1CCCN1[C@]21C(=O)Nc2ccccc21. The Morgan fingerprint density at radius 3 is 2.04 bits per heavy atom. The number of ether oxygens (including phenoxy) is 1. The van der Waals surface area contributed by atoms with Gasteiger partial charge in [0.2, 0.25) is 0 Å². The summed E-state index contributed by atoms with van der Waals surface area (Å²) in [5, 5.41) is 2.70. The standard InChI is InChI=1S/C38H29F12N3O4/c1-2-57-32(56)52-17-21(14-19-9-11-22(35(39,40)41)25(15-19)37(45,46)47)30(54)33(18-52)29(20-10-12-23(36(42,43)44)26(16-20)38(48,49)50)28-8-5-13-53(28)34(33)24-6-3-4-7-27(24)51-31(34)55/h3-4,6-7,9-12,14-16,28-29H,2,5,8,13,17-18H2,1H3,(H,51,55)/b21-14+/t28-,29-,33-,34-/m1/s1. The summed E-state index contributed by atoms with van der Waals surface area (Å²) in [6.45, 7) is -0.317. The Morgan fingerprint density at radius 2 is 1.42 bits per heavy atom. The van der Waals surface area contributed by atoms with Gasteiger partial charge in [-0.2, -0.15) is 52.7 Å². The number of Topliss-reactive ketones (excluding diaryl/α,β-unsaturated/α-hetero) is 1. The molecule has 19 heteroatoms. The average Bonchev–Trinajstić information content (AvgIpc) is 3.76. The molecule has 304 valence electrons. The molecule has 4 aliphatic rings. The Labute approximate surface area is 315 Å². The van der Waals surface area contributed by atoms with Crippen molar-refractivity contribution in [2.45, 2.75) is 62.0 Å². The number of likely N-dealkylation sites (tertiary alicyclic amines) is 1. The smallest absolute Gasteiger partial charge is 0.417 e. The molecular formula is C38H29F12N3O4. The number of halogens is 12. The lowest BCUT2D eigenvalue weighted by Gasteiger charge is -2.51. The number of nitrogens with zero attached hydrogens (tertiary/aromatic N) is 2. The first-order valence-corrected chi connectivity index (χ1v) is 17.4. The molecule has 0 aliphatic carbocycles. The van der Waals surface area contributed by atoms with Gasteiger partial charge in [-0.15, -0.1) is 0 Å². The summed E-state index contributed by atoms with van der Waals surface area (Å²) in [5.74, 6) is -3.53. The van der Waals surface area contributed by atoms with Gasteiger partial charge in [-0.1, -0.05) is 30.3 Å². The highest BCUT2D eigenvalue weighted by Gasteiger charge is 2.79. The number of hydrogen-bond donors (Lipinski definition) is 1. The van der Waals surface area contributed by atoms with Crippen molar-refractivity contribution in [3.63, 3.8) is 0 Å². The number of carbonyl (C=O) groups excluding carboxylic acids is 3. The Kier molecular flexibility index (Phi) is 9.32. The van der Waals surface area contributed by atoms with Gasteiger partial charge in [0.25, 0.3) is 5.91 Å². The van der Waals surface area contributed by atoms with Crippen LogP contribution in [0, 0.1) is 5.41 Å². The molecule has 0 radical (unpaired) electrons. The molecule has 3 saturated heterocycles. The van der Waals surface area contributed by atoms with Crippen molar-refractivity contribution < 1.29 is 71.8 Å². The van der Waals surface area contributed by atoms with E-state index in [1.165, 1.54) is 31.2 Å². The number of carbonyl (C=O) groups is 3. The highest BCUT2D eigenvalue weighted by Crippen LogP contribution is 2.69. The van der Waals surface area contributed by atoms with E-state index >= 15 is 4.79 Å². The third kappa shape index (κ3) is 6.14. The van der Waals surface area contributed by atoms with Gasteiger partial charge >= 0.3 is 30.8 Å². The first kappa shape index (κ1) is 40.1. The van der Waals surface area contributed by atoms with Gasteiger partial charge in [0.1, 0.15) is 5.54 Å². The van der Waals surface area contributed by atoms with Crippen molar-refractivity contribution in [3.8, 4) is 0 Å². The summed E-state index contributed by atoms with van der Waals surface area (Å²) in [7, 11) is 0. The Bertz CT molecular complexity index is 2190. The maximum absolute atomic E-state index is 15.6. The number of alkyl halides is 12. The zero-order chi connectivity index (χ0) is 41.7. The second kappa shape index (κ2) is 13.2. The van der Waals surface area contributed by atoms with Gasteiger partial charge in [0, 0.05) is 35.3 Å². The molecule has 2 amide bonds. The molecule has 0 aromatic heterocycles. The molecule has 3 fully saturated rings. The molecule has 3 aromatic carbocycles. The molecular weight excluding hydrogens is 790 g/mol. The third-order valence-corrected chi connectivity index (χ3v) is 11.2. The van der Waals surface area contributed by atoms with E-state index in [2.05, 4.69) is 5.32 Å². The van der Waals surface area contributed by atoms with Crippen LogP contribution >= 0.6 is 0 Å². The summed E-state index contributed by atoms with van der Waals surface area (Å²) in [5.41, 5.74) is -14.1. The summed E-state index contributed by atoms with van der Waals surface area (Å²) in [6, 6.07) is 7.13. The molecule has 3 aromatic rings. The molecule has 1 N–H and O–H groups in total. The van der Waals surface area contributed by atoms with Crippen LogP contribution in [0.15, 0.2) is 66.2 Å².